The van der Waals surface area contributed by atoms with Gasteiger partial charge in [0.25, 0.3) is 0 Å². The van der Waals surface area contributed by atoms with Crippen LogP contribution in [0.15, 0.2) is 0 Å². The average molecular weight is 332 g/mol. The van der Waals surface area contributed by atoms with E-state index in [1.807, 2.05) is 0 Å². The Morgan fingerprint density at radius 2 is 2.05 bits per heavy atom. The van der Waals surface area contributed by atoms with Gasteiger partial charge >= 0.3 is 5.97 Å². The molecule has 0 bridgehead atoms. The molecule has 116 valence electrons. The van der Waals surface area contributed by atoms with Crippen LogP contribution in [0, 0.1) is 6.92 Å². The number of anilines is 1. The van der Waals surface area contributed by atoms with Crippen molar-refractivity contribution in [2.75, 3.05) is 17.7 Å². The third-order valence-electron chi connectivity index (χ3n) is 3.55. The van der Waals surface area contributed by atoms with Crippen LogP contribution in [0.4, 0.5) is 5.00 Å². The molecule has 0 aromatic carbocycles. The highest BCUT2D eigenvalue weighted by atomic mass is 32.2. The van der Waals surface area contributed by atoms with E-state index in [4.69, 9.17) is 0 Å². The monoisotopic (exact) mass is 332 g/mol. The number of hydrogen-bond donors (Lipinski definition) is 1. The fourth-order valence-electron chi connectivity index (χ4n) is 2.38. The molecule has 0 saturated carbocycles. The lowest BCUT2D eigenvalue weighted by molar-refractivity contribution is -0.118. The summed E-state index contributed by atoms with van der Waals surface area (Å²) in [5, 5.41) is 8.28. The van der Waals surface area contributed by atoms with Gasteiger partial charge in [0, 0.05) is 7.05 Å². The van der Waals surface area contributed by atoms with E-state index in [-0.39, 0.29) is 22.7 Å². The highest BCUT2D eigenvalue weighted by Crippen LogP contribution is 2.30. The third kappa shape index (κ3) is 2.93. The summed E-state index contributed by atoms with van der Waals surface area (Å²) in [5.41, 5.74) is 0.262. The van der Waals surface area contributed by atoms with Crippen LogP contribution in [-0.4, -0.2) is 47.8 Å². The molecule has 1 fully saturated rings. The summed E-state index contributed by atoms with van der Waals surface area (Å²) < 4.78 is 28.0. The Kier molecular flexibility index (Phi) is 4.33. The number of amides is 1. The zero-order chi connectivity index (χ0) is 15.8. The molecule has 1 aromatic rings. The fourth-order valence-corrected chi connectivity index (χ4v) is 5.12. The molecule has 1 amide bonds. The Labute approximate surface area is 126 Å². The lowest BCUT2D eigenvalue weighted by Crippen LogP contribution is -2.44. The fraction of sp³-hybridized carbons (Fsp3) is 0.583. The molecule has 1 aromatic heterocycles. The van der Waals surface area contributed by atoms with Crippen molar-refractivity contribution in [1.82, 2.24) is 4.37 Å². The molecule has 2 rings (SSSR count). The van der Waals surface area contributed by atoms with Gasteiger partial charge in [-0.25, -0.2) is 13.2 Å². The number of aromatic nitrogens is 1. The molecular weight excluding hydrogens is 316 g/mol. The van der Waals surface area contributed by atoms with Crippen LogP contribution in [0.5, 0.6) is 0 Å². The number of carboxylic acids is 1. The number of carboxylic acid groups (broad SMARTS) is 1. The molecule has 0 spiro atoms. The number of hydrogen-bond acceptors (Lipinski definition) is 6. The minimum atomic E-state index is -3.46. The first-order valence-corrected chi connectivity index (χ1v) is 8.93. The Bertz CT molecular complexity index is 680. The van der Waals surface area contributed by atoms with Gasteiger partial charge in [0.15, 0.2) is 9.84 Å². The predicted octanol–water partition coefficient (Wildman–Crippen LogP) is 1.08. The highest BCUT2D eigenvalue weighted by Gasteiger charge is 2.38. The summed E-state index contributed by atoms with van der Waals surface area (Å²) >= 11 is 0.885. The van der Waals surface area contributed by atoms with Gasteiger partial charge < -0.3 is 10.0 Å². The van der Waals surface area contributed by atoms with Gasteiger partial charge in [-0.15, -0.1) is 0 Å². The van der Waals surface area contributed by atoms with E-state index in [9.17, 15) is 23.1 Å². The standard InChI is InChI=1S/C12H16N2O5S2/c1-7-9(12(16)17)11(20-13-7)14(2)10(15)8-5-3-4-6-21(8,18)19/h8H,3-6H2,1-2H3,(H,16,17). The van der Waals surface area contributed by atoms with E-state index in [0.29, 0.717) is 18.5 Å². The van der Waals surface area contributed by atoms with Crippen LogP contribution < -0.4 is 4.90 Å². The topological polar surface area (TPSA) is 105 Å². The molecular formula is C12H16N2O5S2. The second-order valence-corrected chi connectivity index (χ2v) is 8.06. The van der Waals surface area contributed by atoms with Crippen LogP contribution in [0.2, 0.25) is 0 Å². The van der Waals surface area contributed by atoms with Crippen LogP contribution in [0.25, 0.3) is 0 Å². The number of carbonyl (C=O) groups is 2. The van der Waals surface area contributed by atoms with Gasteiger partial charge in [-0.2, -0.15) is 4.37 Å². The Hall–Kier alpha value is -1.48. The number of aryl methyl sites for hydroxylation is 1. The normalized spacial score (nSPS) is 21.0. The van der Waals surface area contributed by atoms with Gasteiger partial charge in [-0.1, -0.05) is 6.42 Å². The lowest BCUT2D eigenvalue weighted by atomic mass is 10.1. The van der Waals surface area contributed by atoms with Crippen molar-refractivity contribution in [2.24, 2.45) is 0 Å². The number of aromatic carboxylic acids is 1. The van der Waals surface area contributed by atoms with Gasteiger partial charge in [-0.05, 0) is 31.3 Å². The second-order valence-electron chi connectivity index (χ2n) is 5.00. The van der Waals surface area contributed by atoms with E-state index in [2.05, 4.69) is 4.37 Å². The quantitative estimate of drug-likeness (QED) is 0.888. The Morgan fingerprint density at radius 1 is 1.38 bits per heavy atom. The van der Waals surface area contributed by atoms with E-state index >= 15 is 0 Å². The summed E-state index contributed by atoms with van der Waals surface area (Å²) in [6, 6.07) is 0. The zero-order valence-electron chi connectivity index (χ0n) is 11.7. The van der Waals surface area contributed by atoms with Crippen LogP contribution in [0.3, 0.4) is 0 Å². The number of carbonyl (C=O) groups excluding carboxylic acids is 1. The minimum Gasteiger partial charge on any atom is -0.478 e. The maximum absolute atomic E-state index is 12.4. The summed E-state index contributed by atoms with van der Waals surface area (Å²) in [7, 11) is -2.06. The van der Waals surface area contributed by atoms with Crippen molar-refractivity contribution < 1.29 is 23.1 Å². The van der Waals surface area contributed by atoms with E-state index in [1.165, 1.54) is 7.05 Å². The molecule has 9 heteroatoms. The van der Waals surface area contributed by atoms with Crippen molar-refractivity contribution in [3.8, 4) is 0 Å². The molecule has 1 aliphatic heterocycles. The highest BCUT2D eigenvalue weighted by molar-refractivity contribution is 7.92. The Balaban J connectivity index is 2.34. The van der Waals surface area contributed by atoms with Crippen LogP contribution in [0.1, 0.15) is 35.3 Å². The molecule has 7 nitrogen and oxygen atoms in total. The van der Waals surface area contributed by atoms with Crippen LogP contribution >= 0.6 is 11.5 Å². The van der Waals surface area contributed by atoms with E-state index in [0.717, 1.165) is 16.4 Å². The van der Waals surface area contributed by atoms with Crippen LogP contribution in [-0.2, 0) is 14.6 Å². The van der Waals surface area contributed by atoms with E-state index in [1.54, 1.807) is 6.92 Å². The largest absolute Gasteiger partial charge is 0.478 e. The van der Waals surface area contributed by atoms with Crippen molar-refractivity contribution in [3.05, 3.63) is 11.3 Å². The number of sulfone groups is 1. The van der Waals surface area contributed by atoms with Crippen molar-refractivity contribution in [3.63, 3.8) is 0 Å². The molecule has 1 N–H and O–H groups in total. The molecule has 1 unspecified atom stereocenters. The molecule has 1 saturated heterocycles. The summed E-state index contributed by atoms with van der Waals surface area (Å²) in [5.74, 6) is -1.76. The summed E-state index contributed by atoms with van der Waals surface area (Å²) in [4.78, 5) is 24.8. The molecule has 0 radical (unpaired) electrons. The third-order valence-corrected chi connectivity index (χ3v) is 6.73. The molecule has 0 aliphatic carbocycles. The lowest BCUT2D eigenvalue weighted by Gasteiger charge is -2.25. The van der Waals surface area contributed by atoms with Gasteiger partial charge in [0.1, 0.15) is 15.8 Å². The van der Waals surface area contributed by atoms with Crippen molar-refractivity contribution >= 4 is 38.2 Å². The maximum Gasteiger partial charge on any atom is 0.340 e. The smallest absolute Gasteiger partial charge is 0.340 e. The zero-order valence-corrected chi connectivity index (χ0v) is 13.3. The molecule has 1 aliphatic rings. The number of rotatable bonds is 3. The van der Waals surface area contributed by atoms with Crippen molar-refractivity contribution in [1.29, 1.82) is 0 Å². The predicted molar refractivity (Wildman–Crippen MR) is 78.6 cm³/mol. The second kappa shape index (κ2) is 5.72. The van der Waals surface area contributed by atoms with Gasteiger partial charge in [-0.3, -0.25) is 4.79 Å². The maximum atomic E-state index is 12.4. The first kappa shape index (κ1) is 15.9. The minimum absolute atomic E-state index is 0.00471. The van der Waals surface area contributed by atoms with Gasteiger partial charge in [0.05, 0.1) is 11.4 Å². The first-order chi connectivity index (χ1) is 9.75. The SMILES string of the molecule is Cc1nsc(N(C)C(=O)C2CCCCS2(=O)=O)c1C(=O)O. The number of nitrogens with zero attached hydrogens (tertiary/aromatic N) is 2. The molecule has 1 atom stereocenters. The molecule has 2 heterocycles. The van der Waals surface area contributed by atoms with Gasteiger partial charge in [0.2, 0.25) is 5.91 Å². The average Bonchev–Trinajstić information content (AvgIpc) is 2.78. The Morgan fingerprint density at radius 3 is 2.62 bits per heavy atom. The summed E-state index contributed by atoms with van der Waals surface area (Å²) in [6.07, 6.45) is 1.53. The van der Waals surface area contributed by atoms with Crippen molar-refractivity contribution in [2.45, 2.75) is 31.4 Å². The first-order valence-electron chi connectivity index (χ1n) is 6.44. The summed E-state index contributed by atoms with van der Waals surface area (Å²) in [6.45, 7) is 1.54. The molecule has 21 heavy (non-hydrogen) atoms. The van der Waals surface area contributed by atoms with E-state index < -0.39 is 27.0 Å².